The number of carbonyl (C=O) groups excluding carboxylic acids is 1. The van der Waals surface area contributed by atoms with E-state index in [0.717, 1.165) is 0 Å². The van der Waals surface area contributed by atoms with E-state index in [2.05, 4.69) is 10.1 Å². The summed E-state index contributed by atoms with van der Waals surface area (Å²) >= 11 is 0. The fourth-order valence-electron chi connectivity index (χ4n) is 0.620. The molecule has 5 heteroatoms. The van der Waals surface area contributed by atoms with Crippen molar-refractivity contribution in [2.24, 2.45) is 15.9 Å². The zero-order chi connectivity index (χ0) is 9.23. The molecule has 12 heavy (non-hydrogen) atoms. The third-order valence-electron chi connectivity index (χ3n) is 1.13. The number of nitrogens with zero attached hydrogens (tertiary/aromatic N) is 2. The lowest BCUT2D eigenvalue weighted by Gasteiger charge is -1.98. The van der Waals surface area contributed by atoms with Crippen molar-refractivity contribution in [3.63, 3.8) is 0 Å². The molecule has 5 nitrogen and oxygen atoms in total. The van der Waals surface area contributed by atoms with Crippen LogP contribution in [0.25, 0.3) is 0 Å². The van der Waals surface area contributed by atoms with Crippen LogP contribution in [0.4, 0.5) is 0 Å². The van der Waals surface area contributed by atoms with E-state index in [1.54, 1.807) is 13.3 Å². The molecule has 0 saturated heterocycles. The van der Waals surface area contributed by atoms with Gasteiger partial charge in [-0.25, -0.2) is 0 Å². The van der Waals surface area contributed by atoms with Gasteiger partial charge in [0.25, 0.3) is 0 Å². The third-order valence-corrected chi connectivity index (χ3v) is 1.13. The van der Waals surface area contributed by atoms with Crippen LogP contribution >= 0.6 is 0 Å². The van der Waals surface area contributed by atoms with Crippen LogP contribution < -0.4 is 5.84 Å². The van der Waals surface area contributed by atoms with Crippen LogP contribution in [0.1, 0.15) is 6.42 Å². The van der Waals surface area contributed by atoms with Crippen molar-refractivity contribution in [3.05, 3.63) is 0 Å². The van der Waals surface area contributed by atoms with Gasteiger partial charge in [0.1, 0.15) is 12.9 Å². The minimum Gasteiger partial charge on any atom is -0.374 e. The molecular weight excluding hydrogens is 158 g/mol. The summed E-state index contributed by atoms with van der Waals surface area (Å²) in [5.74, 6) is 5.05. The Labute approximate surface area is 71.3 Å². The summed E-state index contributed by atoms with van der Waals surface area (Å²) in [4.78, 5) is 13.6. The van der Waals surface area contributed by atoms with E-state index in [4.69, 9.17) is 10.6 Å². The molecule has 0 rings (SSSR count). The first-order chi connectivity index (χ1) is 5.85. The number of aldehydes is 1. The van der Waals surface area contributed by atoms with Gasteiger partial charge in [-0.15, -0.1) is 0 Å². The number of ether oxygens (including phenoxy) is 1. The molecule has 0 bridgehead atoms. The Morgan fingerprint density at radius 3 is 2.92 bits per heavy atom. The maximum Gasteiger partial charge on any atom is 0.145 e. The van der Waals surface area contributed by atoms with Crippen molar-refractivity contribution >= 4 is 18.2 Å². The maximum atomic E-state index is 9.84. The molecule has 0 aliphatic carbocycles. The van der Waals surface area contributed by atoms with E-state index in [0.29, 0.717) is 25.0 Å². The van der Waals surface area contributed by atoms with Gasteiger partial charge in [0.15, 0.2) is 0 Å². The number of hydrogen-bond acceptors (Lipinski definition) is 5. The molecule has 0 spiro atoms. The normalized spacial score (nSPS) is 12.2. The minimum atomic E-state index is 0.112. The Balaban J connectivity index is 3.52. The molecular formula is C7H13N3O2. The topological polar surface area (TPSA) is 77.0 Å². The quantitative estimate of drug-likeness (QED) is 0.194. The van der Waals surface area contributed by atoms with Gasteiger partial charge in [-0.05, 0) is 0 Å². The fourth-order valence-corrected chi connectivity index (χ4v) is 0.620. The number of carbonyl (C=O) groups is 1. The average Bonchev–Trinajstić information content (AvgIpc) is 2.10. The summed E-state index contributed by atoms with van der Waals surface area (Å²) in [5, 5.41) is 3.47. The van der Waals surface area contributed by atoms with Gasteiger partial charge < -0.3 is 15.4 Å². The highest BCUT2D eigenvalue weighted by molar-refractivity contribution is 6.30. The molecule has 0 aliphatic rings. The molecule has 0 aromatic rings. The van der Waals surface area contributed by atoms with Crippen molar-refractivity contribution < 1.29 is 9.53 Å². The van der Waals surface area contributed by atoms with E-state index in [1.165, 1.54) is 0 Å². The lowest BCUT2D eigenvalue weighted by Crippen LogP contribution is -2.09. The number of hydrazone groups is 1. The van der Waals surface area contributed by atoms with Gasteiger partial charge in [0, 0.05) is 19.7 Å². The highest BCUT2D eigenvalue weighted by Gasteiger charge is 1.94. The Morgan fingerprint density at radius 2 is 2.42 bits per heavy atom. The molecule has 0 radical (unpaired) electrons. The summed E-state index contributed by atoms with van der Waals surface area (Å²) < 4.78 is 4.90. The summed E-state index contributed by atoms with van der Waals surface area (Å²) in [5.41, 5.74) is 0.656. The molecule has 0 aromatic carbocycles. The standard InChI is InChI=1S/C7H13N3O2/c1-9-6-7(10-8)2-4-12-5-3-11/h3,6H,2,4-5,8H2,1H3. The zero-order valence-electron chi connectivity index (χ0n) is 7.06. The van der Waals surface area contributed by atoms with E-state index in [9.17, 15) is 4.79 Å². The number of hydrogen-bond donors (Lipinski definition) is 1. The molecule has 0 atom stereocenters. The maximum absolute atomic E-state index is 9.84. The van der Waals surface area contributed by atoms with Crippen LogP contribution in [-0.2, 0) is 9.53 Å². The summed E-state index contributed by atoms with van der Waals surface area (Å²) in [7, 11) is 1.64. The second-order valence-corrected chi connectivity index (χ2v) is 2.00. The van der Waals surface area contributed by atoms with Crippen molar-refractivity contribution in [1.82, 2.24) is 0 Å². The largest absolute Gasteiger partial charge is 0.374 e. The van der Waals surface area contributed by atoms with E-state index < -0.39 is 0 Å². The van der Waals surface area contributed by atoms with Gasteiger partial charge in [0.05, 0.1) is 12.3 Å². The Kier molecular flexibility index (Phi) is 7.07. The summed E-state index contributed by atoms with van der Waals surface area (Å²) in [6.07, 6.45) is 2.83. The summed E-state index contributed by atoms with van der Waals surface area (Å²) in [6.45, 7) is 0.544. The Hall–Kier alpha value is -1.23. The van der Waals surface area contributed by atoms with E-state index >= 15 is 0 Å². The second kappa shape index (κ2) is 7.87. The van der Waals surface area contributed by atoms with E-state index in [1.807, 2.05) is 0 Å². The first-order valence-corrected chi connectivity index (χ1v) is 3.55. The van der Waals surface area contributed by atoms with Crippen molar-refractivity contribution in [3.8, 4) is 0 Å². The Bertz CT molecular complexity index is 177. The van der Waals surface area contributed by atoms with Gasteiger partial charge >= 0.3 is 0 Å². The molecule has 0 saturated carbocycles. The van der Waals surface area contributed by atoms with Gasteiger partial charge in [0.2, 0.25) is 0 Å². The molecule has 0 unspecified atom stereocenters. The first kappa shape index (κ1) is 10.8. The lowest BCUT2D eigenvalue weighted by molar-refractivity contribution is -0.111. The van der Waals surface area contributed by atoms with Crippen LogP contribution in [0.3, 0.4) is 0 Å². The molecule has 0 fully saturated rings. The smallest absolute Gasteiger partial charge is 0.145 e. The number of aliphatic imine (C=N–C) groups is 1. The fraction of sp³-hybridized carbons (Fsp3) is 0.571. The molecule has 2 N–H and O–H groups in total. The van der Waals surface area contributed by atoms with Crippen LogP contribution in [-0.4, -0.2) is 38.5 Å². The third kappa shape index (κ3) is 5.55. The molecule has 0 heterocycles. The monoisotopic (exact) mass is 171 g/mol. The number of rotatable bonds is 6. The van der Waals surface area contributed by atoms with Gasteiger partial charge in [-0.3, -0.25) is 4.99 Å². The SMILES string of the molecule is CN=CC(CCOCC=O)=NN. The molecule has 68 valence electrons. The summed E-state index contributed by atoms with van der Waals surface area (Å²) in [6, 6.07) is 0. The zero-order valence-corrected chi connectivity index (χ0v) is 7.06. The highest BCUT2D eigenvalue weighted by atomic mass is 16.5. The van der Waals surface area contributed by atoms with Crippen molar-refractivity contribution in [2.45, 2.75) is 6.42 Å². The Morgan fingerprint density at radius 1 is 1.67 bits per heavy atom. The molecule has 0 aliphatic heterocycles. The van der Waals surface area contributed by atoms with Crippen LogP contribution in [0.2, 0.25) is 0 Å². The average molecular weight is 171 g/mol. The molecule has 0 amide bonds. The first-order valence-electron chi connectivity index (χ1n) is 3.55. The van der Waals surface area contributed by atoms with Crippen molar-refractivity contribution in [2.75, 3.05) is 20.3 Å². The predicted octanol–water partition coefficient (Wildman–Crippen LogP) is -0.393. The lowest BCUT2D eigenvalue weighted by atomic mass is 10.3. The second-order valence-electron chi connectivity index (χ2n) is 2.00. The van der Waals surface area contributed by atoms with Crippen LogP contribution in [0, 0.1) is 0 Å². The molecule has 0 aromatic heterocycles. The van der Waals surface area contributed by atoms with E-state index in [-0.39, 0.29) is 6.61 Å². The number of nitrogens with two attached hydrogens (primary N) is 1. The van der Waals surface area contributed by atoms with Crippen LogP contribution in [0.15, 0.2) is 10.1 Å². The minimum absolute atomic E-state index is 0.112. The highest BCUT2D eigenvalue weighted by Crippen LogP contribution is 1.84. The van der Waals surface area contributed by atoms with Gasteiger partial charge in [-0.2, -0.15) is 5.10 Å². The van der Waals surface area contributed by atoms with Gasteiger partial charge in [-0.1, -0.05) is 0 Å². The van der Waals surface area contributed by atoms with Crippen LogP contribution in [0.5, 0.6) is 0 Å². The predicted molar refractivity (Wildman–Crippen MR) is 47.5 cm³/mol. The van der Waals surface area contributed by atoms with Crippen molar-refractivity contribution in [1.29, 1.82) is 0 Å².